The molecule has 3 aromatic carbocycles. The minimum atomic E-state index is -0.887. The minimum Gasteiger partial charge on any atom is -0.493 e. The van der Waals surface area contributed by atoms with Crippen LogP contribution in [0.15, 0.2) is 81.7 Å². The zero-order valence-electron chi connectivity index (χ0n) is 26.5. The van der Waals surface area contributed by atoms with Crippen molar-refractivity contribution in [2.45, 2.75) is 39.8 Å². The summed E-state index contributed by atoms with van der Waals surface area (Å²) in [6.07, 6.45) is 1.49. The lowest BCUT2D eigenvalue weighted by atomic mass is 9.95. The molecule has 2 heterocycles. The number of hydrogen-bond donors (Lipinski definition) is 0. The highest BCUT2D eigenvalue weighted by Crippen LogP contribution is 2.37. The summed E-state index contributed by atoms with van der Waals surface area (Å²) in [7, 11) is 1.50. The zero-order chi connectivity index (χ0) is 34.7. The van der Waals surface area contributed by atoms with Gasteiger partial charge in [0.15, 0.2) is 16.3 Å². The third kappa shape index (κ3) is 6.80. The lowest BCUT2D eigenvalue weighted by molar-refractivity contribution is -0.394. The third-order valence-corrected chi connectivity index (χ3v) is 8.10. The first-order valence-corrected chi connectivity index (χ1v) is 15.5. The number of nitrogens with zero attached hydrogens (tertiary/aromatic N) is 4. The van der Waals surface area contributed by atoms with E-state index < -0.39 is 38.8 Å². The molecule has 0 radical (unpaired) electrons. The molecule has 0 fully saturated rings. The smallest absolute Gasteiger partial charge is 0.338 e. The van der Waals surface area contributed by atoms with Crippen LogP contribution in [0.25, 0.3) is 6.08 Å². The Hall–Kier alpha value is -5.83. The van der Waals surface area contributed by atoms with Crippen LogP contribution in [0.3, 0.4) is 0 Å². The van der Waals surface area contributed by atoms with E-state index in [9.17, 15) is 29.8 Å². The van der Waals surface area contributed by atoms with E-state index in [4.69, 9.17) is 18.9 Å². The predicted octanol–water partition coefficient (Wildman–Crippen LogP) is 5.20. The van der Waals surface area contributed by atoms with Gasteiger partial charge in [0.25, 0.3) is 11.2 Å². The molecular formula is C33H30N4O10S. The molecule has 0 unspecified atom stereocenters. The molecule has 48 heavy (non-hydrogen) atoms. The number of aromatic nitrogens is 1. The standard InChI is InChI=1S/C33H30N4O10S/c1-6-45-32(39)29-19(4)34-33-35(30(29)21-10-12-26(46-18(2)3)27(16-21)44-5)31(38)28(48-33)15-20-8-7-9-23(14-20)47-25-13-11-22(36(40)41)17-24(25)37(42)43/h7-18,30H,6H2,1-5H3/b28-15+/t30-/m0/s1. The van der Waals surface area contributed by atoms with Crippen molar-refractivity contribution in [3.63, 3.8) is 0 Å². The number of ether oxygens (including phenoxy) is 4. The number of hydrogen-bond acceptors (Lipinski definition) is 12. The topological polar surface area (TPSA) is 175 Å². The number of carbonyl (C=O) groups is 1. The van der Waals surface area contributed by atoms with Crippen molar-refractivity contribution >= 4 is 34.8 Å². The highest BCUT2D eigenvalue weighted by atomic mass is 32.1. The Bertz CT molecular complexity index is 2150. The maximum Gasteiger partial charge on any atom is 0.338 e. The second-order valence-corrected chi connectivity index (χ2v) is 11.7. The molecule has 0 amide bonds. The van der Waals surface area contributed by atoms with Crippen LogP contribution in [-0.4, -0.2) is 40.2 Å². The average Bonchev–Trinajstić information content (AvgIpc) is 3.34. The van der Waals surface area contributed by atoms with Crippen molar-refractivity contribution in [1.82, 2.24) is 4.57 Å². The molecule has 0 N–H and O–H groups in total. The van der Waals surface area contributed by atoms with Gasteiger partial charge in [0.05, 0.1) is 57.6 Å². The molecule has 0 saturated carbocycles. The maximum atomic E-state index is 14.1. The molecule has 4 aromatic rings. The highest BCUT2D eigenvalue weighted by molar-refractivity contribution is 7.07. The van der Waals surface area contributed by atoms with Gasteiger partial charge in [-0.15, -0.1) is 0 Å². The van der Waals surface area contributed by atoms with Crippen LogP contribution in [0.4, 0.5) is 11.4 Å². The van der Waals surface area contributed by atoms with Crippen molar-refractivity contribution in [3.05, 3.63) is 123 Å². The van der Waals surface area contributed by atoms with Gasteiger partial charge in [-0.3, -0.25) is 29.6 Å². The van der Waals surface area contributed by atoms with Crippen LogP contribution in [0, 0.1) is 20.2 Å². The van der Waals surface area contributed by atoms with E-state index in [1.807, 2.05) is 13.8 Å². The normalized spacial score (nSPS) is 14.3. The van der Waals surface area contributed by atoms with Gasteiger partial charge in [0.2, 0.25) is 5.75 Å². The van der Waals surface area contributed by atoms with E-state index in [1.54, 1.807) is 62.4 Å². The molecule has 248 valence electrons. The minimum absolute atomic E-state index is 0.118. The van der Waals surface area contributed by atoms with Gasteiger partial charge in [-0.05, 0) is 75.2 Å². The molecule has 0 spiro atoms. The molecule has 15 heteroatoms. The zero-order valence-corrected chi connectivity index (χ0v) is 27.3. The number of esters is 1. The van der Waals surface area contributed by atoms with Gasteiger partial charge >= 0.3 is 11.7 Å². The summed E-state index contributed by atoms with van der Waals surface area (Å²) in [5, 5.41) is 22.7. The van der Waals surface area contributed by atoms with Gasteiger partial charge in [-0.25, -0.2) is 9.79 Å². The summed E-state index contributed by atoms with van der Waals surface area (Å²) in [6.45, 7) is 7.27. The van der Waals surface area contributed by atoms with E-state index in [0.717, 1.165) is 29.5 Å². The average molecular weight is 675 g/mol. The fraction of sp³-hybridized carbons (Fsp3) is 0.242. The largest absolute Gasteiger partial charge is 0.493 e. The van der Waals surface area contributed by atoms with Crippen LogP contribution in [0.1, 0.15) is 44.9 Å². The summed E-state index contributed by atoms with van der Waals surface area (Å²) < 4.78 is 24.3. The first kappa shape index (κ1) is 33.5. The van der Waals surface area contributed by atoms with Crippen LogP contribution in [-0.2, 0) is 9.53 Å². The number of allylic oxidation sites excluding steroid dienone is 1. The van der Waals surface area contributed by atoms with Crippen LogP contribution in [0.5, 0.6) is 23.0 Å². The molecule has 1 aliphatic heterocycles. The number of fused-ring (bicyclic) bond motifs is 1. The fourth-order valence-corrected chi connectivity index (χ4v) is 6.15. The Morgan fingerprint density at radius 1 is 1.04 bits per heavy atom. The Morgan fingerprint density at radius 3 is 2.46 bits per heavy atom. The van der Waals surface area contributed by atoms with Crippen molar-refractivity contribution in [1.29, 1.82) is 0 Å². The summed E-state index contributed by atoms with van der Waals surface area (Å²) >= 11 is 1.12. The molecule has 0 saturated heterocycles. The fourth-order valence-electron chi connectivity index (χ4n) is 5.11. The SMILES string of the molecule is CCOC(=O)C1=C(C)N=c2s/c(=C/c3cccc(Oc4ccc([N+](=O)[O-])cc4[N+](=O)[O-])c3)c(=O)n2[C@H]1c1ccc(OC(C)C)c(OC)c1. The number of non-ortho nitro benzene ring substituents is 1. The number of nitro benzene ring substituents is 2. The molecule has 14 nitrogen and oxygen atoms in total. The first-order chi connectivity index (χ1) is 22.9. The van der Waals surface area contributed by atoms with Gasteiger partial charge in [0.1, 0.15) is 5.75 Å². The lowest BCUT2D eigenvalue weighted by Crippen LogP contribution is -2.40. The van der Waals surface area contributed by atoms with E-state index >= 15 is 0 Å². The molecule has 1 aromatic heterocycles. The van der Waals surface area contributed by atoms with E-state index in [1.165, 1.54) is 11.7 Å². The van der Waals surface area contributed by atoms with E-state index in [0.29, 0.717) is 37.7 Å². The van der Waals surface area contributed by atoms with Crippen molar-refractivity contribution < 1.29 is 33.6 Å². The number of carbonyl (C=O) groups excluding carboxylic acids is 1. The van der Waals surface area contributed by atoms with Gasteiger partial charge < -0.3 is 18.9 Å². The predicted molar refractivity (Wildman–Crippen MR) is 175 cm³/mol. The quantitative estimate of drug-likeness (QED) is 0.117. The summed E-state index contributed by atoms with van der Waals surface area (Å²) in [5.41, 5.74) is 0.262. The molecule has 0 bridgehead atoms. The number of methoxy groups -OCH3 is 1. The van der Waals surface area contributed by atoms with Gasteiger partial charge in [-0.1, -0.05) is 29.5 Å². The Labute approximate surface area is 277 Å². The molecular weight excluding hydrogens is 644 g/mol. The number of nitro groups is 2. The number of thiazole rings is 1. The number of benzene rings is 3. The lowest BCUT2D eigenvalue weighted by Gasteiger charge is -2.25. The second-order valence-electron chi connectivity index (χ2n) is 10.7. The van der Waals surface area contributed by atoms with Crippen LogP contribution >= 0.6 is 11.3 Å². The van der Waals surface area contributed by atoms with E-state index in [-0.39, 0.29) is 29.8 Å². The van der Waals surface area contributed by atoms with Crippen molar-refractivity contribution in [3.8, 4) is 23.0 Å². The Kier molecular flexibility index (Phi) is 9.70. The van der Waals surface area contributed by atoms with Gasteiger partial charge in [0, 0.05) is 6.07 Å². The summed E-state index contributed by atoms with van der Waals surface area (Å²) in [6, 6.07) is 13.9. The molecule has 5 rings (SSSR count). The second kappa shape index (κ2) is 13.9. The van der Waals surface area contributed by atoms with E-state index in [2.05, 4.69) is 4.99 Å². The van der Waals surface area contributed by atoms with Crippen molar-refractivity contribution in [2.24, 2.45) is 4.99 Å². The molecule has 0 aliphatic carbocycles. The summed E-state index contributed by atoms with van der Waals surface area (Å²) in [4.78, 5) is 53.5. The first-order valence-electron chi connectivity index (χ1n) is 14.7. The Balaban J connectivity index is 1.59. The monoisotopic (exact) mass is 674 g/mol. The number of rotatable bonds is 11. The summed E-state index contributed by atoms with van der Waals surface area (Å²) in [5.74, 6) is 0.325. The van der Waals surface area contributed by atoms with Gasteiger partial charge in [-0.2, -0.15) is 0 Å². The Morgan fingerprint density at radius 2 is 1.79 bits per heavy atom. The van der Waals surface area contributed by atoms with Crippen LogP contribution < -0.4 is 29.1 Å². The van der Waals surface area contributed by atoms with Crippen molar-refractivity contribution in [2.75, 3.05) is 13.7 Å². The highest BCUT2D eigenvalue weighted by Gasteiger charge is 2.34. The maximum absolute atomic E-state index is 14.1. The molecule has 1 aliphatic rings. The third-order valence-electron chi connectivity index (χ3n) is 7.12. The van der Waals surface area contributed by atoms with Crippen LogP contribution in [0.2, 0.25) is 0 Å². The molecule has 1 atom stereocenters.